The van der Waals surface area contributed by atoms with Gasteiger partial charge in [-0.25, -0.2) is 4.79 Å². The summed E-state index contributed by atoms with van der Waals surface area (Å²) in [4.78, 5) is 41.6. The second kappa shape index (κ2) is 8.76. The Morgan fingerprint density at radius 2 is 1.88 bits per heavy atom. The second-order valence-corrected chi connectivity index (χ2v) is 8.58. The molecule has 1 aliphatic rings. The first-order chi connectivity index (χ1) is 15.3. The molecule has 166 valence electrons. The van der Waals surface area contributed by atoms with E-state index in [0.29, 0.717) is 33.7 Å². The number of nitrogens with one attached hydrogen (secondary N) is 1. The van der Waals surface area contributed by atoms with E-state index in [0.717, 1.165) is 18.5 Å². The van der Waals surface area contributed by atoms with Gasteiger partial charge in [0, 0.05) is 18.0 Å². The quantitative estimate of drug-likeness (QED) is 0.577. The lowest BCUT2D eigenvalue weighted by Gasteiger charge is -2.25. The van der Waals surface area contributed by atoms with Gasteiger partial charge in [-0.3, -0.25) is 9.59 Å². The van der Waals surface area contributed by atoms with Crippen LogP contribution in [-0.4, -0.2) is 51.1 Å². The van der Waals surface area contributed by atoms with Crippen molar-refractivity contribution < 1.29 is 23.6 Å². The van der Waals surface area contributed by atoms with E-state index in [1.165, 1.54) is 12.0 Å². The van der Waals surface area contributed by atoms with Gasteiger partial charge in [-0.05, 0) is 35.9 Å². The van der Waals surface area contributed by atoms with Crippen LogP contribution < -0.4 is 10.3 Å². The number of fused-ring (bicyclic) bond motifs is 2. The molecule has 3 aromatic rings. The molecule has 7 nitrogen and oxygen atoms in total. The molecule has 0 aliphatic carbocycles. The van der Waals surface area contributed by atoms with Crippen molar-refractivity contribution in [3.05, 3.63) is 80.2 Å². The highest BCUT2D eigenvalue weighted by molar-refractivity contribution is 6.31. The highest BCUT2D eigenvalue weighted by atomic mass is 35.5. The van der Waals surface area contributed by atoms with Gasteiger partial charge in [-0.15, -0.1) is 0 Å². The number of benzene rings is 2. The summed E-state index contributed by atoms with van der Waals surface area (Å²) in [5, 5.41) is 0.749. The molecule has 32 heavy (non-hydrogen) atoms. The minimum Gasteiger partial charge on any atom is -0.465 e. The molecule has 4 rings (SSSR count). The Morgan fingerprint density at radius 1 is 1.16 bits per heavy atom. The molecule has 0 radical (unpaired) electrons. The largest absolute Gasteiger partial charge is 0.465 e. The van der Waals surface area contributed by atoms with E-state index in [1.54, 1.807) is 47.4 Å². The minimum absolute atomic E-state index is 0.0593. The van der Waals surface area contributed by atoms with E-state index >= 15 is 0 Å². The van der Waals surface area contributed by atoms with E-state index in [1.807, 2.05) is 14.1 Å². The van der Waals surface area contributed by atoms with Crippen LogP contribution in [0.1, 0.15) is 44.5 Å². The van der Waals surface area contributed by atoms with Crippen molar-refractivity contribution in [3.8, 4) is 0 Å². The molecule has 1 aliphatic heterocycles. The number of hydrogen-bond acceptors (Lipinski definition) is 5. The Kier molecular flexibility index (Phi) is 6.04. The van der Waals surface area contributed by atoms with Gasteiger partial charge in [-0.1, -0.05) is 23.7 Å². The van der Waals surface area contributed by atoms with Gasteiger partial charge in [-0.2, -0.15) is 0 Å². The molecule has 1 aromatic heterocycles. The summed E-state index contributed by atoms with van der Waals surface area (Å²) in [5.74, 6) is -0.709. The molecule has 0 saturated carbocycles. The van der Waals surface area contributed by atoms with Crippen LogP contribution in [0.3, 0.4) is 0 Å². The molecule has 0 spiro atoms. The van der Waals surface area contributed by atoms with Crippen LogP contribution in [0.2, 0.25) is 5.02 Å². The van der Waals surface area contributed by atoms with Crippen molar-refractivity contribution in [3.63, 3.8) is 0 Å². The molecule has 2 aromatic carbocycles. The zero-order valence-electron chi connectivity index (χ0n) is 18.1. The third kappa shape index (κ3) is 3.89. The zero-order chi connectivity index (χ0) is 23.0. The van der Waals surface area contributed by atoms with E-state index in [4.69, 9.17) is 20.8 Å². The van der Waals surface area contributed by atoms with Crippen LogP contribution >= 0.6 is 11.6 Å². The number of rotatable bonds is 6. The second-order valence-electron chi connectivity index (χ2n) is 8.14. The van der Waals surface area contributed by atoms with Crippen LogP contribution in [0.25, 0.3) is 11.0 Å². The van der Waals surface area contributed by atoms with Crippen LogP contribution in [-0.2, 0) is 4.74 Å². The maximum Gasteiger partial charge on any atom is 0.337 e. The third-order valence-corrected chi connectivity index (χ3v) is 5.89. The van der Waals surface area contributed by atoms with Gasteiger partial charge >= 0.3 is 5.97 Å². The van der Waals surface area contributed by atoms with Crippen molar-refractivity contribution >= 4 is 34.4 Å². The van der Waals surface area contributed by atoms with Crippen molar-refractivity contribution in [1.29, 1.82) is 0 Å². The predicted molar refractivity (Wildman–Crippen MR) is 120 cm³/mol. The Morgan fingerprint density at radius 3 is 2.53 bits per heavy atom. The number of amides is 1. The summed E-state index contributed by atoms with van der Waals surface area (Å²) in [5.41, 5.74) is 1.45. The maximum atomic E-state index is 13.5. The molecule has 0 saturated heterocycles. The number of carbonyl (C=O) groups is 2. The van der Waals surface area contributed by atoms with E-state index in [-0.39, 0.29) is 17.1 Å². The monoisotopic (exact) mass is 455 g/mol. The fraction of sp³-hybridized carbons (Fsp3) is 0.292. The molecule has 2 heterocycles. The summed E-state index contributed by atoms with van der Waals surface area (Å²) >= 11 is 6.11. The Balaban J connectivity index is 1.85. The zero-order valence-corrected chi connectivity index (χ0v) is 18.9. The topological polar surface area (TPSA) is 81.3 Å². The van der Waals surface area contributed by atoms with Gasteiger partial charge < -0.3 is 19.0 Å². The number of hydrogen-bond donors (Lipinski definition) is 1. The summed E-state index contributed by atoms with van der Waals surface area (Å²) in [7, 11) is 5.41. The number of carbonyl (C=O) groups excluding carboxylic acids is 2. The summed E-state index contributed by atoms with van der Waals surface area (Å²) in [6, 6.07) is 10.9. The fourth-order valence-electron chi connectivity index (χ4n) is 4.09. The van der Waals surface area contributed by atoms with Crippen molar-refractivity contribution in [1.82, 2.24) is 4.90 Å². The van der Waals surface area contributed by atoms with Crippen LogP contribution in [0.15, 0.2) is 51.7 Å². The van der Waals surface area contributed by atoms with Crippen molar-refractivity contribution in [2.24, 2.45) is 0 Å². The molecular formula is C24H24ClN2O5+. The van der Waals surface area contributed by atoms with Gasteiger partial charge in [0.2, 0.25) is 5.76 Å². The van der Waals surface area contributed by atoms with Crippen LogP contribution in [0.5, 0.6) is 0 Å². The first-order valence-corrected chi connectivity index (χ1v) is 10.7. The lowest BCUT2D eigenvalue weighted by Crippen LogP contribution is -3.05. The number of ether oxygens (including phenoxy) is 1. The third-order valence-electron chi connectivity index (χ3n) is 5.65. The Labute approximate surface area is 190 Å². The molecule has 1 atom stereocenters. The van der Waals surface area contributed by atoms with Crippen molar-refractivity contribution in [2.75, 3.05) is 34.3 Å². The molecule has 0 bridgehead atoms. The number of esters is 1. The normalized spacial score (nSPS) is 15.5. The average Bonchev–Trinajstić information content (AvgIpc) is 3.06. The maximum absolute atomic E-state index is 13.5. The number of halogens is 1. The highest BCUT2D eigenvalue weighted by Gasteiger charge is 2.42. The predicted octanol–water partition coefficient (Wildman–Crippen LogP) is 2.31. The van der Waals surface area contributed by atoms with Gasteiger partial charge in [0.15, 0.2) is 5.43 Å². The van der Waals surface area contributed by atoms with Gasteiger partial charge in [0.1, 0.15) is 5.58 Å². The average molecular weight is 456 g/mol. The number of methoxy groups -OCH3 is 1. The van der Waals surface area contributed by atoms with E-state index in [9.17, 15) is 14.4 Å². The van der Waals surface area contributed by atoms with E-state index < -0.39 is 12.0 Å². The van der Waals surface area contributed by atoms with Crippen LogP contribution in [0.4, 0.5) is 0 Å². The molecule has 1 N–H and O–H groups in total. The molecular weight excluding hydrogens is 432 g/mol. The highest BCUT2D eigenvalue weighted by Crippen LogP contribution is 2.38. The molecule has 0 unspecified atom stereocenters. The standard InChI is InChI=1S/C24H23ClN2O5/c1-26(2)11-4-12-27-20(14-5-7-15(8-6-14)24(30)31-3)19-21(28)17-13-16(25)9-10-18(17)32-22(19)23(27)29/h5-10,13,20H,4,11-12H2,1-3H3/p+1/t20-/m0/s1. The lowest BCUT2D eigenvalue weighted by atomic mass is 9.97. The first-order valence-electron chi connectivity index (χ1n) is 10.4. The van der Waals surface area contributed by atoms with Gasteiger partial charge in [0.05, 0.1) is 50.3 Å². The number of nitrogens with zero attached hydrogens (tertiary/aromatic N) is 1. The van der Waals surface area contributed by atoms with Crippen LogP contribution in [0, 0.1) is 0 Å². The first kappa shape index (κ1) is 22.0. The van der Waals surface area contributed by atoms with Crippen molar-refractivity contribution in [2.45, 2.75) is 12.5 Å². The molecule has 1 amide bonds. The summed E-state index contributed by atoms with van der Waals surface area (Å²) in [6.07, 6.45) is 0.762. The molecule has 0 fully saturated rings. The summed E-state index contributed by atoms with van der Waals surface area (Å²) in [6.45, 7) is 1.33. The summed E-state index contributed by atoms with van der Waals surface area (Å²) < 4.78 is 10.7. The molecule has 8 heteroatoms. The van der Waals surface area contributed by atoms with E-state index in [2.05, 4.69) is 0 Å². The lowest BCUT2D eigenvalue weighted by molar-refractivity contribution is -0.858. The minimum atomic E-state index is -0.610. The smallest absolute Gasteiger partial charge is 0.337 e. The Hall–Kier alpha value is -3.16. The van der Waals surface area contributed by atoms with Gasteiger partial charge in [0.25, 0.3) is 5.91 Å². The Bertz CT molecular complexity index is 1250. The number of quaternary nitrogens is 1. The SMILES string of the molecule is COC(=O)c1ccc([C@H]2c3c(oc4ccc(Cl)cc4c3=O)C(=O)N2CCC[NH+](C)C)cc1. The fourth-order valence-corrected chi connectivity index (χ4v) is 4.26.